The van der Waals surface area contributed by atoms with Crippen molar-refractivity contribution >= 4 is 29.3 Å². The minimum absolute atomic E-state index is 0.196. The molecule has 0 bridgehead atoms. The molecule has 1 atom stereocenters. The number of halogens is 3. The van der Waals surface area contributed by atoms with Crippen molar-refractivity contribution in [3.63, 3.8) is 0 Å². The largest absolute Gasteiger partial charge is 0.374 e. The normalized spacial score (nSPS) is 12.7. The maximum atomic E-state index is 14.0. The molecule has 0 saturated heterocycles. The number of thioether (sulfide) groups is 1. The van der Waals surface area contributed by atoms with Gasteiger partial charge in [-0.3, -0.25) is 4.79 Å². The monoisotopic (exact) mass is 341 g/mol. The Balaban J connectivity index is 2.02. The van der Waals surface area contributed by atoms with E-state index in [1.165, 1.54) is 24.3 Å². The second-order valence-corrected chi connectivity index (χ2v) is 6.30. The summed E-state index contributed by atoms with van der Waals surface area (Å²) in [7, 11) is 0. The summed E-state index contributed by atoms with van der Waals surface area (Å²) in [6.45, 7) is 1.66. The van der Waals surface area contributed by atoms with Crippen LogP contribution in [-0.2, 0) is 4.79 Å². The first kappa shape index (κ1) is 16.8. The Kier molecular flexibility index (Phi) is 5.42. The van der Waals surface area contributed by atoms with E-state index in [-0.39, 0.29) is 16.7 Å². The van der Waals surface area contributed by atoms with Gasteiger partial charge in [0.25, 0.3) is 0 Å². The number of carbonyl (C=O) groups is 1. The van der Waals surface area contributed by atoms with E-state index in [2.05, 4.69) is 5.32 Å². The van der Waals surface area contributed by atoms with Crippen molar-refractivity contribution in [2.24, 2.45) is 0 Å². The zero-order valence-electron chi connectivity index (χ0n) is 11.7. The highest BCUT2D eigenvalue weighted by Crippen LogP contribution is 2.36. The van der Waals surface area contributed by atoms with Crippen LogP contribution in [0.15, 0.2) is 59.5 Å². The van der Waals surface area contributed by atoms with E-state index < -0.39 is 17.2 Å². The molecular formula is C16H14ClF2NOS. The highest BCUT2D eigenvalue weighted by molar-refractivity contribution is 8.01. The van der Waals surface area contributed by atoms with E-state index in [0.717, 1.165) is 5.56 Å². The number of hydrogen-bond donors (Lipinski definition) is 1. The zero-order valence-corrected chi connectivity index (χ0v) is 13.3. The van der Waals surface area contributed by atoms with E-state index in [4.69, 9.17) is 11.6 Å². The molecule has 0 heterocycles. The molecule has 6 heteroatoms. The number of rotatable bonds is 5. The molecule has 116 valence electrons. The van der Waals surface area contributed by atoms with Crippen LogP contribution in [0.4, 0.5) is 8.78 Å². The van der Waals surface area contributed by atoms with Crippen molar-refractivity contribution in [2.45, 2.75) is 23.1 Å². The summed E-state index contributed by atoms with van der Waals surface area (Å²) in [5.74, 6) is -1.32. The van der Waals surface area contributed by atoms with E-state index in [0.29, 0.717) is 5.02 Å². The second-order valence-electron chi connectivity index (χ2n) is 4.68. The Bertz CT molecular complexity index is 634. The standard InChI is InChI=1S/C16H14ClF2NOS/c1-11(12-5-3-2-4-6-12)20-15(21)16(18,19)22-14-9-7-13(17)8-10-14/h2-11H,1H3,(H,20,21)/t11-/m1/s1. The van der Waals surface area contributed by atoms with Crippen LogP contribution in [0.3, 0.4) is 0 Å². The molecule has 0 unspecified atom stereocenters. The molecule has 2 aromatic carbocycles. The third-order valence-electron chi connectivity index (χ3n) is 2.97. The van der Waals surface area contributed by atoms with Crippen molar-refractivity contribution in [1.82, 2.24) is 5.32 Å². The predicted octanol–water partition coefficient (Wildman–Crippen LogP) is 4.90. The molecule has 0 aliphatic rings. The Labute approximate surface area is 136 Å². The number of nitrogens with one attached hydrogen (secondary N) is 1. The van der Waals surface area contributed by atoms with Gasteiger partial charge in [0, 0.05) is 9.92 Å². The van der Waals surface area contributed by atoms with Crippen molar-refractivity contribution in [2.75, 3.05) is 0 Å². The van der Waals surface area contributed by atoms with Gasteiger partial charge in [-0.2, -0.15) is 8.78 Å². The minimum atomic E-state index is -3.56. The first-order valence-corrected chi connectivity index (χ1v) is 7.76. The molecule has 1 N–H and O–H groups in total. The van der Waals surface area contributed by atoms with Crippen LogP contribution in [0.25, 0.3) is 0 Å². The third-order valence-corrected chi connectivity index (χ3v) is 4.17. The van der Waals surface area contributed by atoms with E-state index >= 15 is 0 Å². The van der Waals surface area contributed by atoms with Gasteiger partial charge in [0.2, 0.25) is 0 Å². The number of alkyl halides is 2. The molecule has 2 rings (SSSR count). The third kappa shape index (κ3) is 4.45. The number of benzene rings is 2. The van der Waals surface area contributed by atoms with E-state index in [1.807, 2.05) is 6.07 Å². The summed E-state index contributed by atoms with van der Waals surface area (Å²) >= 11 is 5.90. The lowest BCUT2D eigenvalue weighted by Crippen LogP contribution is -2.39. The Morgan fingerprint density at radius 1 is 1.14 bits per heavy atom. The molecule has 0 aromatic heterocycles. The molecule has 0 spiro atoms. The average molecular weight is 342 g/mol. The van der Waals surface area contributed by atoms with Crippen LogP contribution in [0.5, 0.6) is 0 Å². The van der Waals surface area contributed by atoms with Crippen molar-refractivity contribution < 1.29 is 13.6 Å². The number of carbonyl (C=O) groups excluding carboxylic acids is 1. The lowest BCUT2D eigenvalue weighted by atomic mass is 10.1. The molecule has 0 aliphatic carbocycles. The lowest BCUT2D eigenvalue weighted by Gasteiger charge is -2.19. The molecular weight excluding hydrogens is 328 g/mol. The van der Waals surface area contributed by atoms with Crippen LogP contribution in [-0.4, -0.2) is 11.2 Å². The topological polar surface area (TPSA) is 29.1 Å². The predicted molar refractivity (Wildman–Crippen MR) is 85.3 cm³/mol. The molecule has 0 radical (unpaired) electrons. The summed E-state index contributed by atoms with van der Waals surface area (Å²) < 4.78 is 28.0. The summed E-state index contributed by atoms with van der Waals surface area (Å²) in [5, 5.41) is -0.773. The zero-order chi connectivity index (χ0) is 16.2. The Morgan fingerprint density at radius 2 is 1.73 bits per heavy atom. The maximum Gasteiger partial charge on any atom is 0.374 e. The van der Waals surface area contributed by atoms with Crippen molar-refractivity contribution in [3.8, 4) is 0 Å². The van der Waals surface area contributed by atoms with Gasteiger partial charge in [-0.15, -0.1) is 0 Å². The van der Waals surface area contributed by atoms with Gasteiger partial charge in [-0.1, -0.05) is 41.9 Å². The van der Waals surface area contributed by atoms with Gasteiger partial charge in [-0.05, 0) is 48.5 Å². The summed E-state index contributed by atoms with van der Waals surface area (Å²) in [6, 6.07) is 14.4. The second kappa shape index (κ2) is 7.11. The fourth-order valence-corrected chi connectivity index (χ4v) is 2.65. The Hall–Kier alpha value is -1.59. The van der Waals surface area contributed by atoms with Crippen LogP contribution in [0.1, 0.15) is 18.5 Å². The number of amides is 1. The smallest absolute Gasteiger partial charge is 0.344 e. The van der Waals surface area contributed by atoms with Crippen molar-refractivity contribution in [1.29, 1.82) is 0 Å². The van der Waals surface area contributed by atoms with Crippen molar-refractivity contribution in [3.05, 3.63) is 65.2 Å². The summed E-state index contributed by atoms with van der Waals surface area (Å²) in [4.78, 5) is 12.1. The minimum Gasteiger partial charge on any atom is -0.344 e. The molecule has 0 aliphatic heterocycles. The van der Waals surface area contributed by atoms with Gasteiger partial charge in [0.05, 0.1) is 6.04 Å². The molecule has 0 fully saturated rings. The van der Waals surface area contributed by atoms with Gasteiger partial charge in [-0.25, -0.2) is 0 Å². The quantitative estimate of drug-likeness (QED) is 0.783. The fraction of sp³-hybridized carbons (Fsp3) is 0.188. The van der Waals surface area contributed by atoms with E-state index in [9.17, 15) is 13.6 Å². The fourth-order valence-electron chi connectivity index (χ4n) is 1.80. The molecule has 2 aromatic rings. The highest BCUT2D eigenvalue weighted by Gasteiger charge is 2.40. The van der Waals surface area contributed by atoms with Gasteiger partial charge < -0.3 is 5.32 Å². The first-order valence-electron chi connectivity index (χ1n) is 6.57. The van der Waals surface area contributed by atoms with Crippen LogP contribution >= 0.6 is 23.4 Å². The Morgan fingerprint density at radius 3 is 2.32 bits per heavy atom. The number of hydrogen-bond acceptors (Lipinski definition) is 2. The average Bonchev–Trinajstić information content (AvgIpc) is 2.50. The highest BCUT2D eigenvalue weighted by atomic mass is 35.5. The van der Waals surface area contributed by atoms with E-state index in [1.54, 1.807) is 31.2 Å². The first-order chi connectivity index (χ1) is 10.4. The van der Waals surface area contributed by atoms with Crippen LogP contribution in [0.2, 0.25) is 5.02 Å². The molecule has 2 nitrogen and oxygen atoms in total. The summed E-state index contributed by atoms with van der Waals surface area (Å²) in [6.07, 6.45) is 0. The molecule has 22 heavy (non-hydrogen) atoms. The molecule has 0 saturated carbocycles. The summed E-state index contributed by atoms with van der Waals surface area (Å²) in [5.41, 5.74) is 0.767. The van der Waals surface area contributed by atoms with Gasteiger partial charge in [0.1, 0.15) is 0 Å². The maximum absolute atomic E-state index is 14.0. The van der Waals surface area contributed by atoms with Crippen LogP contribution < -0.4 is 5.32 Å². The lowest BCUT2D eigenvalue weighted by molar-refractivity contribution is -0.135. The van der Waals surface area contributed by atoms with Crippen LogP contribution in [0, 0.1) is 0 Å². The molecule has 1 amide bonds. The van der Waals surface area contributed by atoms with Gasteiger partial charge >= 0.3 is 11.2 Å². The SMILES string of the molecule is C[C@@H](NC(=O)C(F)(F)Sc1ccc(Cl)cc1)c1ccccc1. The van der Waals surface area contributed by atoms with Gasteiger partial charge in [0.15, 0.2) is 0 Å².